The molecule has 0 bridgehead atoms. The molecular weight excluding hydrogens is 346 g/mol. The standard InChI is InChI=1S/C17H17NO6S/c1-10-3-4-11(2)16(7-10)25(21,22)18-13-9-15-14(23-5-6-24-15)8-12(13)17(19)20/h3-4,7-9,18H,5-6H2,1-2H3,(H,19,20). The van der Waals surface area contributed by atoms with E-state index in [1.54, 1.807) is 26.0 Å². The van der Waals surface area contributed by atoms with Crippen LogP contribution in [0.2, 0.25) is 0 Å². The Labute approximate surface area is 145 Å². The number of aromatic carboxylic acids is 1. The van der Waals surface area contributed by atoms with Gasteiger partial charge in [0.25, 0.3) is 10.0 Å². The minimum Gasteiger partial charge on any atom is -0.486 e. The molecule has 2 N–H and O–H groups in total. The molecular formula is C17H17NO6S. The van der Waals surface area contributed by atoms with Crippen molar-refractivity contribution in [3.05, 3.63) is 47.0 Å². The van der Waals surface area contributed by atoms with E-state index in [9.17, 15) is 18.3 Å². The van der Waals surface area contributed by atoms with Gasteiger partial charge in [-0.15, -0.1) is 0 Å². The van der Waals surface area contributed by atoms with E-state index >= 15 is 0 Å². The largest absolute Gasteiger partial charge is 0.486 e. The second-order valence-corrected chi connectivity index (χ2v) is 7.37. The average Bonchev–Trinajstić information content (AvgIpc) is 2.55. The highest BCUT2D eigenvalue weighted by Gasteiger charge is 2.24. The van der Waals surface area contributed by atoms with Crippen LogP contribution in [0.1, 0.15) is 21.5 Å². The monoisotopic (exact) mass is 363 g/mol. The van der Waals surface area contributed by atoms with Gasteiger partial charge in [0.1, 0.15) is 13.2 Å². The average molecular weight is 363 g/mol. The van der Waals surface area contributed by atoms with Crippen molar-refractivity contribution in [2.45, 2.75) is 18.7 Å². The third-order valence-corrected chi connectivity index (χ3v) is 5.30. The molecule has 0 unspecified atom stereocenters. The fraction of sp³-hybridized carbons (Fsp3) is 0.235. The topological polar surface area (TPSA) is 102 Å². The number of benzene rings is 2. The summed E-state index contributed by atoms with van der Waals surface area (Å²) in [4.78, 5) is 11.6. The number of rotatable bonds is 4. The predicted molar refractivity (Wildman–Crippen MR) is 91.1 cm³/mol. The van der Waals surface area contributed by atoms with E-state index in [0.717, 1.165) is 5.56 Å². The molecule has 1 heterocycles. The van der Waals surface area contributed by atoms with Crippen molar-refractivity contribution in [2.75, 3.05) is 17.9 Å². The molecule has 8 heteroatoms. The second-order valence-electron chi connectivity index (χ2n) is 5.72. The van der Waals surface area contributed by atoms with Gasteiger partial charge < -0.3 is 14.6 Å². The Morgan fingerprint density at radius 1 is 1.08 bits per heavy atom. The zero-order chi connectivity index (χ0) is 18.2. The van der Waals surface area contributed by atoms with Gasteiger partial charge in [-0.25, -0.2) is 13.2 Å². The summed E-state index contributed by atoms with van der Waals surface area (Å²) in [6, 6.07) is 7.64. The molecule has 1 aliphatic rings. The Balaban J connectivity index is 2.07. The molecule has 132 valence electrons. The molecule has 0 amide bonds. The summed E-state index contributed by atoms with van der Waals surface area (Å²) < 4.78 is 38.6. The quantitative estimate of drug-likeness (QED) is 0.866. The van der Waals surface area contributed by atoms with Gasteiger partial charge in [0.15, 0.2) is 11.5 Å². The van der Waals surface area contributed by atoms with Crippen LogP contribution >= 0.6 is 0 Å². The van der Waals surface area contributed by atoms with Crippen molar-refractivity contribution >= 4 is 21.7 Å². The van der Waals surface area contributed by atoms with Crippen LogP contribution in [-0.2, 0) is 10.0 Å². The summed E-state index contributed by atoms with van der Waals surface area (Å²) in [6.07, 6.45) is 0. The zero-order valence-corrected chi connectivity index (χ0v) is 14.5. The maximum Gasteiger partial charge on any atom is 0.337 e. The van der Waals surface area contributed by atoms with Crippen molar-refractivity contribution < 1.29 is 27.8 Å². The molecule has 2 aromatic carbocycles. The first-order valence-electron chi connectivity index (χ1n) is 7.55. The molecule has 2 aromatic rings. The summed E-state index contributed by atoms with van der Waals surface area (Å²) in [7, 11) is -3.96. The number of fused-ring (bicyclic) bond motifs is 1. The maximum atomic E-state index is 12.7. The van der Waals surface area contributed by atoms with E-state index in [-0.39, 0.29) is 21.9 Å². The summed E-state index contributed by atoms with van der Waals surface area (Å²) >= 11 is 0. The molecule has 0 fully saturated rings. The lowest BCUT2D eigenvalue weighted by molar-refractivity contribution is 0.0697. The van der Waals surface area contributed by atoms with E-state index in [4.69, 9.17) is 9.47 Å². The lowest BCUT2D eigenvalue weighted by atomic mass is 10.1. The Morgan fingerprint density at radius 3 is 2.36 bits per heavy atom. The number of anilines is 1. The van der Waals surface area contributed by atoms with Crippen molar-refractivity contribution in [1.29, 1.82) is 0 Å². The normalized spacial score (nSPS) is 13.4. The van der Waals surface area contributed by atoms with Gasteiger partial charge in [-0.3, -0.25) is 4.72 Å². The van der Waals surface area contributed by atoms with Crippen LogP contribution in [0.15, 0.2) is 35.2 Å². The number of carboxylic acid groups (broad SMARTS) is 1. The number of nitrogens with one attached hydrogen (secondary N) is 1. The molecule has 0 atom stereocenters. The zero-order valence-electron chi connectivity index (χ0n) is 13.7. The fourth-order valence-electron chi connectivity index (χ4n) is 2.55. The van der Waals surface area contributed by atoms with Crippen molar-refractivity contribution in [3.8, 4) is 11.5 Å². The van der Waals surface area contributed by atoms with E-state index < -0.39 is 16.0 Å². The highest BCUT2D eigenvalue weighted by Crippen LogP contribution is 2.36. The predicted octanol–water partition coefficient (Wildman–Crippen LogP) is 2.57. The number of hydrogen-bond donors (Lipinski definition) is 2. The number of sulfonamides is 1. The summed E-state index contributed by atoms with van der Waals surface area (Å²) in [6.45, 7) is 4.07. The first-order chi connectivity index (χ1) is 11.8. The van der Waals surface area contributed by atoms with E-state index in [0.29, 0.717) is 24.5 Å². The second kappa shape index (κ2) is 6.29. The smallest absolute Gasteiger partial charge is 0.337 e. The molecule has 3 rings (SSSR count). The highest BCUT2D eigenvalue weighted by molar-refractivity contribution is 7.92. The van der Waals surface area contributed by atoms with Crippen LogP contribution in [0.5, 0.6) is 11.5 Å². The number of carbonyl (C=O) groups is 1. The maximum absolute atomic E-state index is 12.7. The minimum absolute atomic E-state index is 0.0716. The number of aryl methyl sites for hydroxylation is 2. The van der Waals surface area contributed by atoms with Crippen molar-refractivity contribution in [2.24, 2.45) is 0 Å². The SMILES string of the molecule is Cc1ccc(C)c(S(=O)(=O)Nc2cc3c(cc2C(=O)O)OCCO3)c1. The third kappa shape index (κ3) is 3.39. The molecule has 0 saturated heterocycles. The summed E-state index contributed by atoms with van der Waals surface area (Å²) in [5.41, 5.74) is 1.06. The lowest BCUT2D eigenvalue weighted by Gasteiger charge is -2.21. The summed E-state index contributed by atoms with van der Waals surface area (Å²) in [5.74, 6) is -0.691. The van der Waals surface area contributed by atoms with Gasteiger partial charge >= 0.3 is 5.97 Å². The molecule has 0 saturated carbocycles. The third-order valence-electron chi connectivity index (χ3n) is 3.79. The Hall–Kier alpha value is -2.74. The molecule has 0 aliphatic carbocycles. The van der Waals surface area contributed by atoms with Crippen LogP contribution < -0.4 is 14.2 Å². The molecule has 7 nitrogen and oxygen atoms in total. The van der Waals surface area contributed by atoms with Crippen LogP contribution in [0.3, 0.4) is 0 Å². The first-order valence-corrected chi connectivity index (χ1v) is 9.03. The van der Waals surface area contributed by atoms with Crippen LogP contribution in [-0.4, -0.2) is 32.7 Å². The lowest BCUT2D eigenvalue weighted by Crippen LogP contribution is -2.19. The molecule has 0 spiro atoms. The van der Waals surface area contributed by atoms with Gasteiger partial charge in [-0.2, -0.15) is 0 Å². The molecule has 1 aliphatic heterocycles. The highest BCUT2D eigenvalue weighted by atomic mass is 32.2. The minimum atomic E-state index is -3.96. The first kappa shape index (κ1) is 17.1. The van der Waals surface area contributed by atoms with E-state index in [1.165, 1.54) is 18.2 Å². The molecule has 0 radical (unpaired) electrons. The van der Waals surface area contributed by atoms with Crippen LogP contribution in [0, 0.1) is 13.8 Å². The van der Waals surface area contributed by atoms with Gasteiger partial charge in [0.05, 0.1) is 16.1 Å². The van der Waals surface area contributed by atoms with Gasteiger partial charge in [0.2, 0.25) is 0 Å². The number of hydrogen-bond acceptors (Lipinski definition) is 5. The molecule has 0 aromatic heterocycles. The molecule has 25 heavy (non-hydrogen) atoms. The van der Waals surface area contributed by atoms with Gasteiger partial charge in [-0.05, 0) is 31.0 Å². The van der Waals surface area contributed by atoms with Crippen LogP contribution in [0.25, 0.3) is 0 Å². The van der Waals surface area contributed by atoms with Crippen molar-refractivity contribution in [1.82, 2.24) is 0 Å². The number of carboxylic acids is 1. The Kier molecular flexibility index (Phi) is 4.30. The van der Waals surface area contributed by atoms with E-state index in [1.807, 2.05) is 0 Å². The van der Waals surface area contributed by atoms with Crippen LogP contribution in [0.4, 0.5) is 5.69 Å². The van der Waals surface area contributed by atoms with Crippen molar-refractivity contribution in [3.63, 3.8) is 0 Å². The fourth-order valence-corrected chi connectivity index (χ4v) is 3.95. The van der Waals surface area contributed by atoms with E-state index in [2.05, 4.69) is 4.72 Å². The summed E-state index contributed by atoms with van der Waals surface area (Å²) in [5, 5.41) is 9.40. The van der Waals surface area contributed by atoms with Gasteiger partial charge in [0, 0.05) is 12.1 Å². The Morgan fingerprint density at radius 2 is 1.72 bits per heavy atom. The van der Waals surface area contributed by atoms with Gasteiger partial charge in [-0.1, -0.05) is 12.1 Å². The Bertz CT molecular complexity index is 952. The number of ether oxygens (including phenoxy) is 2.